The zero-order valence-electron chi connectivity index (χ0n) is 15.9. The van der Waals surface area contributed by atoms with Crippen LogP contribution in [0.4, 0.5) is 23.7 Å². The Morgan fingerprint density at radius 1 is 1.03 bits per heavy atom. The van der Waals surface area contributed by atoms with Crippen molar-refractivity contribution in [3.05, 3.63) is 78.0 Å². The van der Waals surface area contributed by atoms with Crippen molar-refractivity contribution in [2.45, 2.75) is 24.6 Å². The molecule has 0 bridgehead atoms. The lowest BCUT2D eigenvalue weighted by Crippen LogP contribution is -2.45. The van der Waals surface area contributed by atoms with E-state index in [0.717, 1.165) is 10.5 Å². The van der Waals surface area contributed by atoms with Crippen molar-refractivity contribution >= 4 is 17.7 Å². The predicted molar refractivity (Wildman–Crippen MR) is 104 cm³/mol. The number of alkyl halides is 3. The zero-order chi connectivity index (χ0) is 21.4. The van der Waals surface area contributed by atoms with E-state index in [-0.39, 0.29) is 25.4 Å². The molecule has 2 aliphatic heterocycles. The summed E-state index contributed by atoms with van der Waals surface area (Å²) in [5, 5.41) is 0. The second-order valence-electron chi connectivity index (χ2n) is 7.36. The third-order valence-electron chi connectivity index (χ3n) is 5.47. The second kappa shape index (κ2) is 7.51. The van der Waals surface area contributed by atoms with Crippen LogP contribution in [0.2, 0.25) is 0 Å². The van der Waals surface area contributed by atoms with Gasteiger partial charge in [0.25, 0.3) is 0 Å². The average molecular weight is 416 g/mol. The number of para-hydroxylation sites is 1. The van der Waals surface area contributed by atoms with Crippen molar-refractivity contribution in [1.29, 1.82) is 0 Å². The Morgan fingerprint density at radius 2 is 1.73 bits per heavy atom. The molecule has 2 aromatic rings. The lowest BCUT2D eigenvalue weighted by Gasteiger charge is -2.34. The van der Waals surface area contributed by atoms with E-state index < -0.39 is 23.6 Å². The SMILES string of the molecule is O=C(OCc1ccccc1)N1C=CC2(CC1)CN(C(=O)C(F)(F)F)c1ccccc12. The number of hydrogen-bond acceptors (Lipinski definition) is 3. The van der Waals surface area contributed by atoms with Gasteiger partial charge in [0.2, 0.25) is 0 Å². The summed E-state index contributed by atoms with van der Waals surface area (Å²) in [4.78, 5) is 26.5. The summed E-state index contributed by atoms with van der Waals surface area (Å²) >= 11 is 0. The molecule has 2 aromatic carbocycles. The molecule has 0 fully saturated rings. The summed E-state index contributed by atoms with van der Waals surface area (Å²) in [5.74, 6) is -1.88. The largest absolute Gasteiger partial charge is 0.471 e. The van der Waals surface area contributed by atoms with Gasteiger partial charge < -0.3 is 9.64 Å². The molecule has 156 valence electrons. The number of benzene rings is 2. The fourth-order valence-electron chi connectivity index (χ4n) is 3.94. The minimum absolute atomic E-state index is 0.117. The molecule has 0 N–H and O–H groups in total. The fourth-order valence-corrected chi connectivity index (χ4v) is 3.94. The van der Waals surface area contributed by atoms with E-state index in [1.165, 1.54) is 17.2 Å². The molecule has 2 amide bonds. The van der Waals surface area contributed by atoms with E-state index in [2.05, 4.69) is 0 Å². The highest BCUT2D eigenvalue weighted by atomic mass is 19.4. The van der Waals surface area contributed by atoms with E-state index in [4.69, 9.17) is 4.74 Å². The Balaban J connectivity index is 1.51. The van der Waals surface area contributed by atoms with Gasteiger partial charge in [-0.2, -0.15) is 13.2 Å². The van der Waals surface area contributed by atoms with Gasteiger partial charge >= 0.3 is 18.2 Å². The minimum atomic E-state index is -4.95. The molecule has 30 heavy (non-hydrogen) atoms. The number of nitrogens with zero attached hydrogens (tertiary/aromatic N) is 2. The van der Waals surface area contributed by atoms with Gasteiger partial charge in [-0.25, -0.2) is 4.79 Å². The van der Waals surface area contributed by atoms with Crippen LogP contribution in [0.3, 0.4) is 0 Å². The highest BCUT2D eigenvalue weighted by Crippen LogP contribution is 2.46. The van der Waals surface area contributed by atoms with Crippen LogP contribution in [0.1, 0.15) is 17.5 Å². The second-order valence-corrected chi connectivity index (χ2v) is 7.36. The van der Waals surface area contributed by atoms with Gasteiger partial charge in [0.05, 0.1) is 0 Å². The molecule has 2 aliphatic rings. The number of carbonyl (C=O) groups is 2. The van der Waals surface area contributed by atoms with E-state index in [9.17, 15) is 22.8 Å². The van der Waals surface area contributed by atoms with Crippen LogP contribution in [0.5, 0.6) is 0 Å². The van der Waals surface area contributed by atoms with Crippen LogP contribution in [0, 0.1) is 0 Å². The molecule has 1 unspecified atom stereocenters. The molecule has 0 aromatic heterocycles. The minimum Gasteiger partial charge on any atom is -0.444 e. The van der Waals surface area contributed by atoms with Gasteiger partial charge in [-0.3, -0.25) is 9.69 Å². The van der Waals surface area contributed by atoms with Gasteiger partial charge in [-0.1, -0.05) is 54.6 Å². The lowest BCUT2D eigenvalue weighted by molar-refractivity contribution is -0.170. The number of ether oxygens (including phenoxy) is 1. The molecule has 1 atom stereocenters. The van der Waals surface area contributed by atoms with Crippen LogP contribution in [0.25, 0.3) is 0 Å². The van der Waals surface area contributed by atoms with Gasteiger partial charge in [-0.05, 0) is 23.6 Å². The molecule has 8 heteroatoms. The Hall–Kier alpha value is -3.29. The van der Waals surface area contributed by atoms with Gasteiger partial charge in [0.1, 0.15) is 6.61 Å². The van der Waals surface area contributed by atoms with E-state index >= 15 is 0 Å². The van der Waals surface area contributed by atoms with Gasteiger partial charge in [-0.15, -0.1) is 0 Å². The first-order chi connectivity index (χ1) is 14.3. The Kier molecular flexibility index (Phi) is 5.01. The number of carbonyl (C=O) groups excluding carboxylic acids is 2. The first-order valence-electron chi connectivity index (χ1n) is 9.45. The van der Waals surface area contributed by atoms with Crippen molar-refractivity contribution in [1.82, 2.24) is 4.90 Å². The maximum absolute atomic E-state index is 13.1. The first kappa shape index (κ1) is 20.0. The van der Waals surface area contributed by atoms with Crippen LogP contribution in [-0.2, 0) is 21.6 Å². The van der Waals surface area contributed by atoms with E-state index in [1.54, 1.807) is 24.3 Å². The normalized spacial score (nSPS) is 20.4. The molecule has 0 radical (unpaired) electrons. The maximum Gasteiger partial charge on any atom is 0.471 e. The summed E-state index contributed by atoms with van der Waals surface area (Å²) < 4.78 is 44.5. The van der Waals surface area contributed by atoms with Crippen LogP contribution >= 0.6 is 0 Å². The quantitative estimate of drug-likeness (QED) is 0.730. The molecule has 2 heterocycles. The summed E-state index contributed by atoms with van der Waals surface area (Å²) in [6, 6.07) is 15.8. The van der Waals surface area contributed by atoms with Crippen LogP contribution in [-0.4, -0.2) is 36.2 Å². The van der Waals surface area contributed by atoms with Crippen molar-refractivity contribution in [3.63, 3.8) is 0 Å². The monoisotopic (exact) mass is 416 g/mol. The Bertz CT molecular complexity index is 991. The number of amides is 2. The van der Waals surface area contributed by atoms with Crippen molar-refractivity contribution < 1.29 is 27.5 Å². The molecule has 0 aliphatic carbocycles. The van der Waals surface area contributed by atoms with Crippen molar-refractivity contribution in [2.24, 2.45) is 0 Å². The zero-order valence-corrected chi connectivity index (χ0v) is 15.9. The topological polar surface area (TPSA) is 49.9 Å². The fraction of sp³-hybridized carbons (Fsp3) is 0.273. The molecule has 5 nitrogen and oxygen atoms in total. The van der Waals surface area contributed by atoms with E-state index in [1.807, 2.05) is 30.3 Å². The predicted octanol–water partition coefficient (Wildman–Crippen LogP) is 4.39. The summed E-state index contributed by atoms with van der Waals surface area (Å²) in [6.45, 7) is 0.284. The third kappa shape index (κ3) is 3.65. The summed E-state index contributed by atoms with van der Waals surface area (Å²) in [7, 11) is 0. The molecular formula is C22H19F3N2O3. The number of fused-ring (bicyclic) bond motifs is 2. The number of halogens is 3. The first-order valence-corrected chi connectivity index (χ1v) is 9.45. The Morgan fingerprint density at radius 3 is 2.40 bits per heavy atom. The van der Waals surface area contributed by atoms with Crippen molar-refractivity contribution in [2.75, 3.05) is 18.0 Å². The van der Waals surface area contributed by atoms with Crippen LogP contribution < -0.4 is 4.90 Å². The molecule has 0 saturated heterocycles. The summed E-state index contributed by atoms with van der Waals surface area (Å²) in [6.07, 6.45) is -1.87. The highest BCUT2D eigenvalue weighted by Gasteiger charge is 2.51. The number of rotatable bonds is 2. The van der Waals surface area contributed by atoms with Gasteiger partial charge in [0, 0.05) is 30.4 Å². The van der Waals surface area contributed by atoms with Crippen molar-refractivity contribution in [3.8, 4) is 0 Å². The van der Waals surface area contributed by atoms with Gasteiger partial charge in [0.15, 0.2) is 0 Å². The molecular weight excluding hydrogens is 397 g/mol. The molecule has 1 spiro atoms. The van der Waals surface area contributed by atoms with E-state index in [0.29, 0.717) is 12.0 Å². The average Bonchev–Trinajstić information content (AvgIpc) is 3.06. The molecule has 4 rings (SSSR count). The smallest absolute Gasteiger partial charge is 0.444 e. The standard InChI is InChI=1S/C22H19F3N2O3/c23-22(24,25)19(28)27-15-21(17-8-4-5-9-18(17)27)10-12-26(13-11-21)20(29)30-14-16-6-2-1-3-7-16/h1-10,12H,11,13-15H2. The lowest BCUT2D eigenvalue weighted by atomic mass is 9.78. The highest BCUT2D eigenvalue weighted by molar-refractivity contribution is 6.00. The number of hydrogen-bond donors (Lipinski definition) is 0. The number of anilines is 1. The maximum atomic E-state index is 13.1. The Labute approximate surface area is 171 Å². The molecule has 0 saturated carbocycles. The van der Waals surface area contributed by atoms with Crippen LogP contribution in [0.15, 0.2) is 66.9 Å². The summed E-state index contributed by atoms with van der Waals surface area (Å²) in [5.41, 5.74) is 0.989. The third-order valence-corrected chi connectivity index (χ3v) is 5.47.